The molecular weight excluding hydrogens is 302 g/mol. The largest absolute Gasteiger partial charge is 0.476 e. The minimum absolute atomic E-state index is 0.0784. The lowest BCUT2D eigenvalue weighted by atomic mass is 10.1. The van der Waals surface area contributed by atoms with Crippen LogP contribution in [0.5, 0.6) is 0 Å². The van der Waals surface area contributed by atoms with Gasteiger partial charge in [-0.1, -0.05) is 0 Å². The van der Waals surface area contributed by atoms with E-state index < -0.39 is 21.7 Å². The lowest BCUT2D eigenvalue weighted by Crippen LogP contribution is -2.56. The zero-order valence-corrected chi connectivity index (χ0v) is 13.1. The number of carboxylic acid groups (broad SMARTS) is 1. The van der Waals surface area contributed by atoms with Gasteiger partial charge in [0.15, 0.2) is 9.90 Å². The summed E-state index contributed by atoms with van der Waals surface area (Å²) in [5.41, 5.74) is 0.855. The summed E-state index contributed by atoms with van der Waals surface area (Å²) in [6.07, 6.45) is 0. The van der Waals surface area contributed by atoms with Crippen LogP contribution < -0.4 is 0 Å². The van der Waals surface area contributed by atoms with E-state index in [9.17, 15) is 13.2 Å². The number of sulfonamides is 1. The van der Waals surface area contributed by atoms with Gasteiger partial charge in [0.2, 0.25) is 0 Å². The molecule has 1 aromatic heterocycles. The number of thiazole rings is 1. The maximum Gasteiger partial charge on any atom is 0.356 e. The van der Waals surface area contributed by atoms with Crippen molar-refractivity contribution in [2.24, 2.45) is 0 Å². The van der Waals surface area contributed by atoms with E-state index in [1.54, 1.807) is 0 Å². The number of carbonyl (C=O) groups is 1. The van der Waals surface area contributed by atoms with Crippen molar-refractivity contribution in [2.75, 3.05) is 20.1 Å². The number of aromatic nitrogens is 1. The Morgan fingerprint density at radius 3 is 2.45 bits per heavy atom. The Morgan fingerprint density at radius 1 is 1.40 bits per heavy atom. The molecule has 1 aromatic rings. The number of nitrogens with zero attached hydrogens (tertiary/aromatic N) is 3. The number of hydrogen-bond acceptors (Lipinski definition) is 6. The summed E-state index contributed by atoms with van der Waals surface area (Å²) in [6.45, 7) is 4.59. The Kier molecular flexibility index (Phi) is 4.14. The molecular formula is C11H17N3O4S2. The van der Waals surface area contributed by atoms with E-state index in [2.05, 4.69) is 9.88 Å². The third-order valence-electron chi connectivity index (χ3n) is 3.64. The molecule has 0 amide bonds. The second-order valence-electron chi connectivity index (χ2n) is 4.98. The summed E-state index contributed by atoms with van der Waals surface area (Å²) < 4.78 is 26.3. The van der Waals surface area contributed by atoms with Gasteiger partial charge in [0, 0.05) is 25.2 Å². The first-order valence-electron chi connectivity index (χ1n) is 6.14. The van der Waals surface area contributed by atoms with Crippen LogP contribution in [-0.2, 0) is 10.0 Å². The molecule has 2 atom stereocenters. The number of rotatable bonds is 3. The average molecular weight is 319 g/mol. The van der Waals surface area contributed by atoms with E-state index >= 15 is 0 Å². The van der Waals surface area contributed by atoms with Crippen molar-refractivity contribution in [1.82, 2.24) is 14.2 Å². The van der Waals surface area contributed by atoms with Crippen LogP contribution in [0.4, 0.5) is 0 Å². The van der Waals surface area contributed by atoms with Gasteiger partial charge < -0.3 is 5.11 Å². The minimum Gasteiger partial charge on any atom is -0.476 e. The molecule has 1 aliphatic rings. The van der Waals surface area contributed by atoms with Crippen molar-refractivity contribution in [3.63, 3.8) is 0 Å². The van der Waals surface area contributed by atoms with Gasteiger partial charge in [-0.25, -0.2) is 18.2 Å². The smallest absolute Gasteiger partial charge is 0.356 e. The first-order chi connectivity index (χ1) is 9.25. The molecule has 0 radical (unpaired) electrons. The predicted molar refractivity (Wildman–Crippen MR) is 74.5 cm³/mol. The molecule has 0 bridgehead atoms. The monoisotopic (exact) mass is 319 g/mol. The Labute approximate surface area is 121 Å². The van der Waals surface area contributed by atoms with Crippen LogP contribution in [0.15, 0.2) is 9.72 Å². The van der Waals surface area contributed by atoms with E-state index in [1.807, 2.05) is 20.9 Å². The van der Waals surface area contributed by atoms with Gasteiger partial charge in [0.1, 0.15) is 0 Å². The highest BCUT2D eigenvalue weighted by molar-refractivity contribution is 7.91. The lowest BCUT2D eigenvalue weighted by Gasteiger charge is -2.41. The van der Waals surface area contributed by atoms with Gasteiger partial charge in [0.05, 0.1) is 5.51 Å². The Morgan fingerprint density at radius 2 is 1.95 bits per heavy atom. The summed E-state index contributed by atoms with van der Waals surface area (Å²) in [4.78, 5) is 16.8. The topological polar surface area (TPSA) is 90.8 Å². The minimum atomic E-state index is -3.80. The van der Waals surface area contributed by atoms with Crippen molar-refractivity contribution in [2.45, 2.75) is 30.1 Å². The fraction of sp³-hybridized carbons (Fsp3) is 0.636. The van der Waals surface area contributed by atoms with Crippen LogP contribution in [0.25, 0.3) is 0 Å². The Hall–Kier alpha value is -1.03. The van der Waals surface area contributed by atoms with E-state index in [4.69, 9.17) is 5.11 Å². The quantitative estimate of drug-likeness (QED) is 0.875. The zero-order valence-electron chi connectivity index (χ0n) is 11.5. The molecule has 1 N–H and O–H groups in total. The number of carboxylic acids is 1. The Bertz CT molecular complexity index is 601. The van der Waals surface area contributed by atoms with Crippen LogP contribution in [0, 0.1) is 0 Å². The fourth-order valence-corrected chi connectivity index (χ4v) is 5.11. The van der Waals surface area contributed by atoms with Gasteiger partial charge >= 0.3 is 5.97 Å². The number of hydrogen-bond donors (Lipinski definition) is 1. The number of piperazine rings is 1. The molecule has 112 valence electrons. The summed E-state index contributed by atoms with van der Waals surface area (Å²) in [6, 6.07) is 0.157. The van der Waals surface area contributed by atoms with E-state index in [0.29, 0.717) is 13.1 Å². The van der Waals surface area contributed by atoms with E-state index in [1.165, 1.54) is 9.82 Å². The third kappa shape index (κ3) is 2.58. The highest BCUT2D eigenvalue weighted by Crippen LogP contribution is 2.27. The first kappa shape index (κ1) is 15.4. The van der Waals surface area contributed by atoms with Gasteiger partial charge in [-0.05, 0) is 20.9 Å². The van der Waals surface area contributed by atoms with Crippen LogP contribution >= 0.6 is 11.3 Å². The molecule has 7 nitrogen and oxygen atoms in total. The zero-order chi connectivity index (χ0) is 15.1. The van der Waals surface area contributed by atoms with Crippen molar-refractivity contribution in [1.29, 1.82) is 0 Å². The van der Waals surface area contributed by atoms with Crippen molar-refractivity contribution >= 4 is 27.3 Å². The molecule has 1 aliphatic heterocycles. The summed E-state index contributed by atoms with van der Waals surface area (Å²) in [5, 5.41) is 9.02. The molecule has 0 spiro atoms. The average Bonchev–Trinajstić information content (AvgIpc) is 2.85. The summed E-state index contributed by atoms with van der Waals surface area (Å²) in [5.74, 6) is -1.32. The molecule has 20 heavy (non-hydrogen) atoms. The van der Waals surface area contributed by atoms with Crippen molar-refractivity contribution in [3.05, 3.63) is 11.2 Å². The first-order valence-corrected chi connectivity index (χ1v) is 8.46. The van der Waals surface area contributed by atoms with Crippen LogP contribution in [0.2, 0.25) is 0 Å². The Balaban J connectivity index is 2.36. The molecule has 2 unspecified atom stereocenters. The highest BCUT2D eigenvalue weighted by Gasteiger charge is 2.37. The van der Waals surface area contributed by atoms with Crippen molar-refractivity contribution < 1.29 is 18.3 Å². The second-order valence-corrected chi connectivity index (χ2v) is 7.97. The van der Waals surface area contributed by atoms with E-state index in [0.717, 1.165) is 11.3 Å². The van der Waals surface area contributed by atoms with Crippen molar-refractivity contribution in [3.8, 4) is 0 Å². The van der Waals surface area contributed by atoms with E-state index in [-0.39, 0.29) is 16.3 Å². The van der Waals surface area contributed by atoms with Gasteiger partial charge in [-0.3, -0.25) is 4.90 Å². The number of likely N-dealkylation sites (N-methyl/N-ethyl adjacent to an activating group) is 1. The number of aromatic carboxylic acids is 1. The van der Waals surface area contributed by atoms with Gasteiger partial charge in [0.25, 0.3) is 10.0 Å². The summed E-state index contributed by atoms with van der Waals surface area (Å²) in [7, 11) is -1.85. The molecule has 0 aromatic carbocycles. The molecule has 2 heterocycles. The summed E-state index contributed by atoms with van der Waals surface area (Å²) >= 11 is 0.847. The maximum atomic E-state index is 12.6. The third-order valence-corrected chi connectivity index (χ3v) is 6.82. The molecule has 0 saturated carbocycles. The standard InChI is InChI=1S/C11H17N3O4S2/c1-7-4-14(5-8(2)13(7)3)20(17,18)11-9(10(15)16)12-6-19-11/h6-8H,4-5H2,1-3H3,(H,15,16). The van der Waals surface area contributed by atoms with Gasteiger partial charge in [-0.2, -0.15) is 4.31 Å². The highest BCUT2D eigenvalue weighted by atomic mass is 32.2. The predicted octanol–water partition coefficient (Wildman–Crippen LogP) is 0.554. The lowest BCUT2D eigenvalue weighted by molar-refractivity contribution is 0.0686. The molecule has 1 fully saturated rings. The SMILES string of the molecule is CC1CN(S(=O)(=O)c2scnc2C(=O)O)CC(C)N1C. The fourth-order valence-electron chi connectivity index (χ4n) is 2.23. The van der Waals surface area contributed by atoms with Crippen LogP contribution in [-0.4, -0.2) is 65.9 Å². The van der Waals surface area contributed by atoms with Crippen LogP contribution in [0.1, 0.15) is 24.3 Å². The maximum absolute atomic E-state index is 12.6. The second kappa shape index (κ2) is 5.40. The molecule has 1 saturated heterocycles. The van der Waals surface area contributed by atoms with Gasteiger partial charge in [-0.15, -0.1) is 11.3 Å². The normalized spacial score (nSPS) is 25.8. The molecule has 9 heteroatoms. The molecule has 0 aliphatic carbocycles. The van der Waals surface area contributed by atoms with Crippen LogP contribution in [0.3, 0.4) is 0 Å². The molecule has 2 rings (SSSR count).